The van der Waals surface area contributed by atoms with E-state index < -0.39 is 0 Å². The van der Waals surface area contributed by atoms with Gasteiger partial charge in [-0.3, -0.25) is 4.79 Å². The molecule has 0 unspecified atom stereocenters. The maximum Gasteiger partial charge on any atom is 0.254 e. The zero-order valence-corrected chi connectivity index (χ0v) is 15.2. The molecule has 0 aliphatic carbocycles. The van der Waals surface area contributed by atoms with Gasteiger partial charge in [-0.2, -0.15) is 0 Å². The SMILES string of the molecule is CC(C)CNC(=O)c1cnc(N2CCN(c3ccc(F)cc3)CC2)nc1. The number of anilines is 2. The molecule has 1 aliphatic rings. The van der Waals surface area contributed by atoms with Crippen LogP contribution in [0.15, 0.2) is 36.7 Å². The quantitative estimate of drug-likeness (QED) is 0.890. The maximum atomic E-state index is 13.0. The second-order valence-corrected chi connectivity index (χ2v) is 6.83. The highest BCUT2D eigenvalue weighted by Crippen LogP contribution is 2.18. The van der Waals surface area contributed by atoms with E-state index in [1.165, 1.54) is 12.1 Å². The lowest BCUT2D eigenvalue weighted by molar-refractivity contribution is 0.0948. The van der Waals surface area contributed by atoms with Crippen LogP contribution in [0.25, 0.3) is 0 Å². The first-order valence-corrected chi connectivity index (χ1v) is 8.88. The van der Waals surface area contributed by atoms with Gasteiger partial charge < -0.3 is 15.1 Å². The first kappa shape index (κ1) is 18.1. The van der Waals surface area contributed by atoms with Crippen LogP contribution in [0.3, 0.4) is 0 Å². The van der Waals surface area contributed by atoms with E-state index in [0.29, 0.717) is 24.0 Å². The van der Waals surface area contributed by atoms with Crippen molar-refractivity contribution in [2.45, 2.75) is 13.8 Å². The zero-order chi connectivity index (χ0) is 18.5. The van der Waals surface area contributed by atoms with Crippen molar-refractivity contribution in [3.8, 4) is 0 Å². The number of hydrogen-bond acceptors (Lipinski definition) is 5. The van der Waals surface area contributed by atoms with Crippen molar-refractivity contribution < 1.29 is 9.18 Å². The largest absolute Gasteiger partial charge is 0.368 e. The molecular formula is C19H24FN5O. The molecule has 0 radical (unpaired) electrons. The summed E-state index contributed by atoms with van der Waals surface area (Å²) >= 11 is 0. The molecule has 0 saturated carbocycles. The predicted molar refractivity (Wildman–Crippen MR) is 100 cm³/mol. The fourth-order valence-electron chi connectivity index (χ4n) is 2.82. The summed E-state index contributed by atoms with van der Waals surface area (Å²) in [5.74, 6) is 0.658. The van der Waals surface area contributed by atoms with Gasteiger partial charge in [-0.15, -0.1) is 0 Å². The normalized spacial score (nSPS) is 14.6. The van der Waals surface area contributed by atoms with Crippen LogP contribution in [-0.2, 0) is 0 Å². The van der Waals surface area contributed by atoms with Crippen molar-refractivity contribution in [3.05, 3.63) is 48.0 Å². The summed E-state index contributed by atoms with van der Waals surface area (Å²) in [7, 11) is 0. The number of nitrogens with one attached hydrogen (secondary N) is 1. The molecule has 7 heteroatoms. The van der Waals surface area contributed by atoms with Crippen LogP contribution < -0.4 is 15.1 Å². The van der Waals surface area contributed by atoms with Gasteiger partial charge in [-0.25, -0.2) is 14.4 Å². The first-order valence-electron chi connectivity index (χ1n) is 8.88. The van der Waals surface area contributed by atoms with Crippen LogP contribution in [0.1, 0.15) is 24.2 Å². The second kappa shape index (κ2) is 8.12. The average molecular weight is 357 g/mol. The minimum absolute atomic E-state index is 0.147. The van der Waals surface area contributed by atoms with Gasteiger partial charge in [0.05, 0.1) is 5.56 Å². The highest BCUT2D eigenvalue weighted by Gasteiger charge is 2.19. The summed E-state index contributed by atoms with van der Waals surface area (Å²) in [5.41, 5.74) is 1.49. The lowest BCUT2D eigenvalue weighted by atomic mass is 10.2. The van der Waals surface area contributed by atoms with Crippen LogP contribution in [0, 0.1) is 11.7 Å². The molecule has 0 spiro atoms. The van der Waals surface area contributed by atoms with E-state index in [-0.39, 0.29) is 11.7 Å². The van der Waals surface area contributed by atoms with Crippen LogP contribution in [0.5, 0.6) is 0 Å². The Morgan fingerprint density at radius 3 is 2.23 bits per heavy atom. The molecule has 1 aromatic heterocycles. The number of halogens is 1. The summed E-state index contributed by atoms with van der Waals surface area (Å²) in [6, 6.07) is 6.56. The molecule has 1 fully saturated rings. The van der Waals surface area contributed by atoms with Crippen LogP contribution in [0.2, 0.25) is 0 Å². The standard InChI is InChI=1S/C19H24FN5O/c1-14(2)11-21-18(26)15-12-22-19(23-13-15)25-9-7-24(8-10-25)17-5-3-16(20)4-6-17/h3-6,12-14H,7-11H2,1-2H3,(H,21,26). The van der Waals surface area contributed by atoms with Gasteiger partial charge in [0.2, 0.25) is 5.95 Å². The molecule has 1 amide bonds. The number of benzene rings is 1. The number of rotatable bonds is 5. The molecule has 2 aromatic rings. The van der Waals surface area contributed by atoms with Gasteiger partial charge in [0.15, 0.2) is 0 Å². The molecule has 0 bridgehead atoms. The highest BCUT2D eigenvalue weighted by molar-refractivity contribution is 5.93. The minimum Gasteiger partial charge on any atom is -0.368 e. The molecule has 1 saturated heterocycles. The lowest BCUT2D eigenvalue weighted by Gasteiger charge is -2.36. The number of amides is 1. The predicted octanol–water partition coefficient (Wildman–Crippen LogP) is 2.33. The molecule has 3 rings (SSSR count). The summed E-state index contributed by atoms with van der Waals surface area (Å²) in [4.78, 5) is 25.0. The Kier molecular flexibility index (Phi) is 5.65. The molecule has 1 aromatic carbocycles. The number of piperazine rings is 1. The Hall–Kier alpha value is -2.70. The van der Waals surface area contributed by atoms with Crippen molar-refractivity contribution in [2.75, 3.05) is 42.5 Å². The lowest BCUT2D eigenvalue weighted by Crippen LogP contribution is -2.47. The summed E-state index contributed by atoms with van der Waals surface area (Å²) in [6.45, 7) is 7.90. The summed E-state index contributed by atoms with van der Waals surface area (Å²) < 4.78 is 13.0. The molecule has 2 heterocycles. The van der Waals surface area contributed by atoms with E-state index in [1.807, 2.05) is 13.8 Å². The van der Waals surface area contributed by atoms with Crippen LogP contribution >= 0.6 is 0 Å². The van der Waals surface area contributed by atoms with Crippen molar-refractivity contribution in [2.24, 2.45) is 5.92 Å². The van der Waals surface area contributed by atoms with E-state index in [2.05, 4.69) is 25.1 Å². The topological polar surface area (TPSA) is 61.4 Å². The Bertz CT molecular complexity index is 725. The van der Waals surface area contributed by atoms with Crippen LogP contribution in [-0.4, -0.2) is 48.6 Å². The number of hydrogen-bond donors (Lipinski definition) is 1. The third-order valence-corrected chi connectivity index (χ3v) is 4.33. The minimum atomic E-state index is -0.224. The summed E-state index contributed by atoms with van der Waals surface area (Å²) in [6.07, 6.45) is 3.15. The molecule has 1 N–H and O–H groups in total. The van der Waals surface area contributed by atoms with Gasteiger partial charge in [-0.05, 0) is 30.2 Å². The van der Waals surface area contributed by atoms with Gasteiger partial charge >= 0.3 is 0 Å². The molecule has 26 heavy (non-hydrogen) atoms. The van der Waals surface area contributed by atoms with E-state index >= 15 is 0 Å². The fourth-order valence-corrected chi connectivity index (χ4v) is 2.82. The van der Waals surface area contributed by atoms with E-state index in [0.717, 1.165) is 31.9 Å². The van der Waals surface area contributed by atoms with Gasteiger partial charge in [0, 0.05) is 50.8 Å². The Morgan fingerprint density at radius 1 is 1.08 bits per heavy atom. The van der Waals surface area contributed by atoms with Gasteiger partial charge in [-0.1, -0.05) is 13.8 Å². The first-order chi connectivity index (χ1) is 12.5. The number of carbonyl (C=O) groups excluding carboxylic acids is 1. The average Bonchev–Trinajstić information content (AvgIpc) is 2.67. The van der Waals surface area contributed by atoms with Gasteiger partial charge in [0.25, 0.3) is 5.91 Å². The smallest absolute Gasteiger partial charge is 0.254 e. The number of nitrogens with zero attached hydrogens (tertiary/aromatic N) is 4. The van der Waals surface area contributed by atoms with E-state index in [4.69, 9.17) is 0 Å². The molecule has 1 aliphatic heterocycles. The number of aromatic nitrogens is 2. The Labute approximate surface area is 153 Å². The van der Waals surface area contributed by atoms with E-state index in [9.17, 15) is 9.18 Å². The molecular weight excluding hydrogens is 333 g/mol. The summed E-state index contributed by atoms with van der Waals surface area (Å²) in [5, 5.41) is 2.86. The third-order valence-electron chi connectivity index (χ3n) is 4.33. The molecule has 6 nitrogen and oxygen atoms in total. The number of carbonyl (C=O) groups is 1. The van der Waals surface area contributed by atoms with E-state index in [1.54, 1.807) is 24.5 Å². The Balaban J connectivity index is 1.56. The third kappa shape index (κ3) is 4.47. The fraction of sp³-hybridized carbons (Fsp3) is 0.421. The van der Waals surface area contributed by atoms with Crippen molar-refractivity contribution >= 4 is 17.5 Å². The highest BCUT2D eigenvalue weighted by atomic mass is 19.1. The van der Waals surface area contributed by atoms with Crippen molar-refractivity contribution in [3.63, 3.8) is 0 Å². The molecule has 138 valence electrons. The maximum absolute atomic E-state index is 13.0. The zero-order valence-electron chi connectivity index (χ0n) is 15.2. The van der Waals surface area contributed by atoms with Crippen LogP contribution in [0.4, 0.5) is 16.0 Å². The van der Waals surface area contributed by atoms with Crippen molar-refractivity contribution in [1.29, 1.82) is 0 Å². The second-order valence-electron chi connectivity index (χ2n) is 6.83. The Morgan fingerprint density at radius 2 is 1.65 bits per heavy atom. The van der Waals surface area contributed by atoms with Gasteiger partial charge in [0.1, 0.15) is 5.82 Å². The molecule has 0 atom stereocenters. The monoisotopic (exact) mass is 357 g/mol. The van der Waals surface area contributed by atoms with Crippen molar-refractivity contribution in [1.82, 2.24) is 15.3 Å².